The summed E-state index contributed by atoms with van der Waals surface area (Å²) in [6, 6.07) is 12.6. The molecular formula is C14H11N7O. The second-order valence-electron chi connectivity index (χ2n) is 4.70. The van der Waals surface area contributed by atoms with Crippen molar-refractivity contribution in [2.45, 2.75) is 6.54 Å². The summed E-state index contributed by atoms with van der Waals surface area (Å²) in [5, 5.41) is 18.9. The van der Waals surface area contributed by atoms with Crippen LogP contribution in [0.2, 0.25) is 0 Å². The van der Waals surface area contributed by atoms with Crippen molar-refractivity contribution < 1.29 is 4.79 Å². The zero-order valence-electron chi connectivity index (χ0n) is 11.4. The Hall–Kier alpha value is -3.29. The highest BCUT2D eigenvalue weighted by Crippen LogP contribution is 2.07. The summed E-state index contributed by atoms with van der Waals surface area (Å²) in [7, 11) is 0. The molecule has 3 aromatic heterocycles. The molecule has 0 saturated heterocycles. The highest BCUT2D eigenvalue weighted by Gasteiger charge is 2.11. The molecule has 8 nitrogen and oxygen atoms in total. The lowest BCUT2D eigenvalue weighted by atomic mass is 10.2. The Morgan fingerprint density at radius 3 is 2.68 bits per heavy atom. The van der Waals surface area contributed by atoms with Gasteiger partial charge in [-0.3, -0.25) is 4.79 Å². The van der Waals surface area contributed by atoms with E-state index in [1.54, 1.807) is 33.6 Å². The first-order valence-electron chi connectivity index (χ1n) is 6.69. The highest BCUT2D eigenvalue weighted by molar-refractivity contribution is 5.94. The average Bonchev–Trinajstić information content (AvgIpc) is 3.19. The van der Waals surface area contributed by atoms with E-state index in [0.717, 1.165) is 0 Å². The fourth-order valence-electron chi connectivity index (χ4n) is 2.28. The molecule has 0 aliphatic carbocycles. The molecule has 1 N–H and O–H groups in total. The minimum Gasteiger partial charge on any atom is -0.345 e. The van der Waals surface area contributed by atoms with Gasteiger partial charge in [0.15, 0.2) is 17.1 Å². The summed E-state index contributed by atoms with van der Waals surface area (Å²) in [6.45, 7) is 0.256. The van der Waals surface area contributed by atoms with Gasteiger partial charge in [0.05, 0.1) is 6.54 Å². The summed E-state index contributed by atoms with van der Waals surface area (Å²) < 4.78 is 3.50. The van der Waals surface area contributed by atoms with Gasteiger partial charge in [-0.1, -0.05) is 18.2 Å². The minimum absolute atomic E-state index is 0.159. The van der Waals surface area contributed by atoms with Crippen LogP contribution in [0, 0.1) is 0 Å². The Morgan fingerprint density at radius 1 is 1.00 bits per heavy atom. The van der Waals surface area contributed by atoms with E-state index in [1.807, 2.05) is 24.3 Å². The van der Waals surface area contributed by atoms with Crippen molar-refractivity contribution >= 4 is 17.2 Å². The molecule has 0 fully saturated rings. The average molecular weight is 293 g/mol. The summed E-state index contributed by atoms with van der Waals surface area (Å²) in [6.07, 6.45) is 1.58. The van der Waals surface area contributed by atoms with Crippen LogP contribution < -0.4 is 5.32 Å². The standard InChI is InChI=1S/C14H11N7O/c22-14(10-4-2-1-3-5-10)15-8-13-19-18-12-7-6-11-17-16-9-20(11)21(12)13/h1-7,9H,8H2,(H,15,22). The molecule has 3 heterocycles. The fraction of sp³-hybridized carbons (Fsp3) is 0.0714. The highest BCUT2D eigenvalue weighted by atomic mass is 16.1. The van der Waals surface area contributed by atoms with Gasteiger partial charge in [-0.2, -0.15) is 0 Å². The minimum atomic E-state index is -0.159. The SMILES string of the molecule is O=C(NCc1nnc2ccc3nncn3n12)c1ccccc1. The van der Waals surface area contributed by atoms with Crippen molar-refractivity contribution in [2.75, 3.05) is 0 Å². The van der Waals surface area contributed by atoms with Gasteiger partial charge in [0.25, 0.3) is 5.91 Å². The van der Waals surface area contributed by atoms with Gasteiger partial charge in [0.2, 0.25) is 0 Å². The molecule has 8 heteroatoms. The van der Waals surface area contributed by atoms with Gasteiger partial charge in [-0.05, 0) is 24.3 Å². The van der Waals surface area contributed by atoms with Crippen LogP contribution in [0.3, 0.4) is 0 Å². The summed E-state index contributed by atoms with van der Waals surface area (Å²) in [4.78, 5) is 12.1. The maximum absolute atomic E-state index is 12.1. The molecule has 4 rings (SSSR count). The Morgan fingerprint density at radius 2 is 1.82 bits per heavy atom. The van der Waals surface area contributed by atoms with Gasteiger partial charge < -0.3 is 5.32 Å². The Balaban J connectivity index is 1.65. The third kappa shape index (κ3) is 1.97. The molecule has 4 aromatic rings. The van der Waals surface area contributed by atoms with Crippen LogP contribution in [0.15, 0.2) is 48.8 Å². The van der Waals surface area contributed by atoms with Crippen molar-refractivity contribution in [3.8, 4) is 0 Å². The van der Waals surface area contributed by atoms with Gasteiger partial charge >= 0.3 is 0 Å². The molecule has 0 saturated carbocycles. The topological polar surface area (TPSA) is 89.5 Å². The second-order valence-corrected chi connectivity index (χ2v) is 4.70. The number of hydrogen-bond acceptors (Lipinski definition) is 5. The Labute approximate surface area is 124 Å². The Kier molecular flexibility index (Phi) is 2.78. The summed E-state index contributed by atoms with van der Waals surface area (Å²) in [5.41, 5.74) is 1.95. The van der Waals surface area contributed by atoms with E-state index in [0.29, 0.717) is 22.7 Å². The number of fused-ring (bicyclic) bond motifs is 3. The molecule has 0 spiro atoms. The first-order chi connectivity index (χ1) is 10.8. The lowest BCUT2D eigenvalue weighted by Gasteiger charge is -2.05. The molecule has 1 amide bonds. The molecule has 108 valence electrons. The summed E-state index contributed by atoms with van der Waals surface area (Å²) >= 11 is 0. The Bertz CT molecular complexity index is 957. The molecule has 1 aromatic carbocycles. The van der Waals surface area contributed by atoms with E-state index in [9.17, 15) is 4.79 Å². The van der Waals surface area contributed by atoms with Gasteiger partial charge in [-0.25, -0.2) is 9.03 Å². The van der Waals surface area contributed by atoms with Crippen molar-refractivity contribution in [1.29, 1.82) is 0 Å². The second kappa shape index (κ2) is 4.92. The van der Waals surface area contributed by atoms with Crippen molar-refractivity contribution in [3.63, 3.8) is 0 Å². The third-order valence-corrected chi connectivity index (χ3v) is 3.33. The number of nitrogens with zero attached hydrogens (tertiary/aromatic N) is 6. The number of rotatable bonds is 3. The van der Waals surface area contributed by atoms with Crippen LogP contribution in [-0.4, -0.2) is 35.3 Å². The fourth-order valence-corrected chi connectivity index (χ4v) is 2.28. The van der Waals surface area contributed by atoms with Crippen molar-refractivity contribution in [3.05, 3.63) is 60.2 Å². The van der Waals surface area contributed by atoms with E-state index in [2.05, 4.69) is 25.7 Å². The molecule has 0 aliphatic rings. The zero-order chi connectivity index (χ0) is 14.9. The zero-order valence-corrected chi connectivity index (χ0v) is 11.4. The van der Waals surface area contributed by atoms with Crippen molar-refractivity contribution in [1.82, 2.24) is 34.7 Å². The smallest absolute Gasteiger partial charge is 0.251 e. The number of aromatic nitrogens is 6. The predicted octanol–water partition coefficient (Wildman–Crippen LogP) is 0.702. The van der Waals surface area contributed by atoms with E-state index >= 15 is 0 Å². The first-order valence-corrected chi connectivity index (χ1v) is 6.69. The number of benzene rings is 1. The molecule has 0 aliphatic heterocycles. The van der Waals surface area contributed by atoms with Crippen LogP contribution in [-0.2, 0) is 6.54 Å². The quantitative estimate of drug-likeness (QED) is 0.600. The van der Waals surface area contributed by atoms with Crippen LogP contribution >= 0.6 is 0 Å². The molecule has 0 atom stereocenters. The molecule has 0 radical (unpaired) electrons. The normalized spacial score (nSPS) is 11.1. The number of hydrogen-bond donors (Lipinski definition) is 1. The largest absolute Gasteiger partial charge is 0.345 e. The molecular weight excluding hydrogens is 282 g/mol. The van der Waals surface area contributed by atoms with E-state index in [1.165, 1.54) is 0 Å². The molecule has 0 bridgehead atoms. The van der Waals surface area contributed by atoms with Gasteiger partial charge in [-0.15, -0.1) is 20.4 Å². The first kappa shape index (κ1) is 12.5. The predicted molar refractivity (Wildman–Crippen MR) is 77.1 cm³/mol. The lowest BCUT2D eigenvalue weighted by Crippen LogP contribution is -2.24. The number of amides is 1. The van der Waals surface area contributed by atoms with Crippen LogP contribution in [0.1, 0.15) is 16.2 Å². The summed E-state index contributed by atoms with van der Waals surface area (Å²) in [5.74, 6) is 0.443. The number of carbonyl (C=O) groups excluding carboxylic acids is 1. The van der Waals surface area contributed by atoms with Gasteiger partial charge in [0, 0.05) is 5.56 Å². The van der Waals surface area contributed by atoms with Crippen molar-refractivity contribution in [2.24, 2.45) is 0 Å². The van der Waals surface area contributed by atoms with E-state index in [4.69, 9.17) is 0 Å². The van der Waals surface area contributed by atoms with Gasteiger partial charge in [0.1, 0.15) is 6.33 Å². The van der Waals surface area contributed by atoms with E-state index < -0.39 is 0 Å². The maximum atomic E-state index is 12.1. The number of nitrogens with one attached hydrogen (secondary N) is 1. The number of carbonyl (C=O) groups is 1. The van der Waals surface area contributed by atoms with Crippen LogP contribution in [0.5, 0.6) is 0 Å². The van der Waals surface area contributed by atoms with Crippen LogP contribution in [0.4, 0.5) is 0 Å². The maximum Gasteiger partial charge on any atom is 0.251 e. The molecule has 0 unspecified atom stereocenters. The monoisotopic (exact) mass is 293 g/mol. The third-order valence-electron chi connectivity index (χ3n) is 3.33. The lowest BCUT2D eigenvalue weighted by molar-refractivity contribution is 0.0949. The van der Waals surface area contributed by atoms with Crippen LogP contribution in [0.25, 0.3) is 11.3 Å². The van der Waals surface area contributed by atoms with E-state index in [-0.39, 0.29) is 12.5 Å². The molecule has 22 heavy (non-hydrogen) atoms.